The van der Waals surface area contributed by atoms with E-state index in [1.165, 1.54) is 6.92 Å². The molecule has 160 valence electrons. The zero-order valence-electron chi connectivity index (χ0n) is 15.6. The molecule has 0 saturated carbocycles. The maximum absolute atomic E-state index is 12.3. The van der Waals surface area contributed by atoms with E-state index in [0.29, 0.717) is 6.42 Å². The van der Waals surface area contributed by atoms with Crippen LogP contribution in [0.2, 0.25) is 0 Å². The van der Waals surface area contributed by atoms with Crippen molar-refractivity contribution in [1.29, 1.82) is 0 Å². The Morgan fingerprint density at radius 1 is 1.04 bits per heavy atom. The van der Waals surface area contributed by atoms with Crippen molar-refractivity contribution in [3.05, 3.63) is 0 Å². The lowest BCUT2D eigenvalue weighted by Gasteiger charge is -2.23. The Labute approximate surface area is 161 Å². The summed E-state index contributed by atoms with van der Waals surface area (Å²) in [4.78, 5) is 50.4. The molecule has 28 heavy (non-hydrogen) atoms. The Kier molecular flexibility index (Phi) is 11.2. The van der Waals surface area contributed by atoms with Gasteiger partial charge in [-0.1, -0.05) is 0 Å². The number of hydrogen-bond acceptors (Lipinski definition) is 7. The summed E-state index contributed by atoms with van der Waals surface area (Å²) in [6.07, 6.45) is -1.15. The predicted molar refractivity (Wildman–Crippen MR) is 99.5 cm³/mol. The molecule has 0 fully saturated rings. The molecule has 3 amide bonds. The number of aliphatic imine (C=N–C) groups is 1. The van der Waals surface area contributed by atoms with Gasteiger partial charge in [-0.3, -0.25) is 19.4 Å². The maximum atomic E-state index is 12.3. The largest absolute Gasteiger partial charge is 0.480 e. The van der Waals surface area contributed by atoms with Crippen LogP contribution < -0.4 is 33.6 Å². The number of nitrogens with zero attached hydrogens (tertiary/aromatic N) is 1. The van der Waals surface area contributed by atoms with Crippen molar-refractivity contribution in [2.45, 2.75) is 56.8 Å². The number of carbonyl (C=O) groups excluding carboxylic acids is 3. The van der Waals surface area contributed by atoms with Crippen molar-refractivity contribution in [2.75, 3.05) is 6.54 Å². The lowest BCUT2D eigenvalue weighted by molar-refractivity contribution is -0.145. The van der Waals surface area contributed by atoms with Gasteiger partial charge in [0.05, 0.1) is 12.1 Å². The molecule has 13 heteroatoms. The van der Waals surface area contributed by atoms with Crippen LogP contribution in [0, 0.1) is 0 Å². The van der Waals surface area contributed by atoms with Crippen molar-refractivity contribution in [1.82, 2.24) is 10.6 Å². The Morgan fingerprint density at radius 3 is 2.11 bits per heavy atom. The maximum Gasteiger partial charge on any atom is 0.328 e. The molecule has 0 aromatic rings. The number of amides is 3. The first-order chi connectivity index (χ1) is 13.0. The summed E-state index contributed by atoms with van der Waals surface area (Å²) in [5, 5.41) is 23.0. The quantitative estimate of drug-likeness (QED) is 0.0847. The molecule has 0 heterocycles. The van der Waals surface area contributed by atoms with Gasteiger partial charge in [-0.2, -0.15) is 0 Å². The minimum atomic E-state index is -1.59. The summed E-state index contributed by atoms with van der Waals surface area (Å²) >= 11 is 0. The summed E-state index contributed by atoms with van der Waals surface area (Å²) in [7, 11) is 0. The molecule has 0 unspecified atom stereocenters. The minimum absolute atomic E-state index is 0.0905. The highest BCUT2D eigenvalue weighted by Gasteiger charge is 2.30. The van der Waals surface area contributed by atoms with Gasteiger partial charge in [-0.25, -0.2) is 4.79 Å². The summed E-state index contributed by atoms with van der Waals surface area (Å²) in [5.74, 6) is -3.83. The van der Waals surface area contributed by atoms with Gasteiger partial charge in [0.2, 0.25) is 17.7 Å². The fourth-order valence-corrected chi connectivity index (χ4v) is 2.13. The lowest BCUT2D eigenvalue weighted by atomic mass is 10.1. The average Bonchev–Trinajstić information content (AvgIpc) is 2.58. The third kappa shape index (κ3) is 10.3. The Hall–Kier alpha value is -2.93. The lowest BCUT2D eigenvalue weighted by Crippen LogP contribution is -2.56. The van der Waals surface area contributed by atoms with Crippen LogP contribution in [0.4, 0.5) is 0 Å². The molecule has 4 atom stereocenters. The highest BCUT2D eigenvalue weighted by molar-refractivity contribution is 5.92. The highest BCUT2D eigenvalue weighted by atomic mass is 16.4. The van der Waals surface area contributed by atoms with Crippen molar-refractivity contribution in [2.24, 2.45) is 27.9 Å². The number of aliphatic carboxylic acids is 1. The second-order valence-electron chi connectivity index (χ2n) is 6.19. The van der Waals surface area contributed by atoms with Crippen molar-refractivity contribution in [3.63, 3.8) is 0 Å². The fourth-order valence-electron chi connectivity index (χ4n) is 2.13. The first-order valence-electron chi connectivity index (χ1n) is 8.56. The van der Waals surface area contributed by atoms with E-state index in [1.807, 2.05) is 0 Å². The van der Waals surface area contributed by atoms with Gasteiger partial charge >= 0.3 is 5.97 Å². The Bertz CT molecular complexity index is 591. The van der Waals surface area contributed by atoms with Crippen LogP contribution in [0.15, 0.2) is 4.99 Å². The molecule has 0 aliphatic rings. The van der Waals surface area contributed by atoms with Gasteiger partial charge in [0.25, 0.3) is 0 Å². The molecular weight excluding hydrogens is 374 g/mol. The van der Waals surface area contributed by atoms with Gasteiger partial charge in [0, 0.05) is 13.0 Å². The number of carbonyl (C=O) groups is 4. The molecule has 0 radical (unpaired) electrons. The van der Waals surface area contributed by atoms with E-state index < -0.39 is 47.9 Å². The number of aliphatic hydroxyl groups is 1. The number of nitrogens with two attached hydrogens (primary N) is 4. The van der Waals surface area contributed by atoms with Crippen LogP contribution in [0.1, 0.15) is 32.6 Å². The first kappa shape index (κ1) is 25.1. The summed E-state index contributed by atoms with van der Waals surface area (Å²) in [6, 6.07) is -3.83. The monoisotopic (exact) mass is 403 g/mol. The molecule has 0 aromatic heterocycles. The van der Waals surface area contributed by atoms with E-state index in [1.54, 1.807) is 0 Å². The summed E-state index contributed by atoms with van der Waals surface area (Å²) in [5.41, 5.74) is 21.2. The predicted octanol–water partition coefficient (Wildman–Crippen LogP) is -3.93. The standard InChI is InChI=1S/C15H29N7O6/c1-7(23)11(14(27)28)22-13(26)9(4-5-10(17)24)21-12(25)8(16)3-2-6-20-15(18)19/h7-9,11,23H,2-6,16H2,1H3,(H2,17,24)(H,21,25)(H,22,26)(H,27,28)(H4,18,19,20)/t7-,8+,9+,11+/m1/s1. The highest BCUT2D eigenvalue weighted by Crippen LogP contribution is 2.03. The van der Waals surface area contributed by atoms with E-state index in [4.69, 9.17) is 28.0 Å². The van der Waals surface area contributed by atoms with Crippen LogP contribution >= 0.6 is 0 Å². The number of nitrogens with one attached hydrogen (secondary N) is 2. The number of hydrogen-bond donors (Lipinski definition) is 8. The van der Waals surface area contributed by atoms with E-state index in [2.05, 4.69) is 15.6 Å². The number of carboxylic acid groups (broad SMARTS) is 1. The normalized spacial score (nSPS) is 14.8. The van der Waals surface area contributed by atoms with E-state index in [-0.39, 0.29) is 31.8 Å². The van der Waals surface area contributed by atoms with Gasteiger partial charge in [-0.15, -0.1) is 0 Å². The first-order valence-corrected chi connectivity index (χ1v) is 8.56. The van der Waals surface area contributed by atoms with Crippen LogP contribution in [-0.2, 0) is 19.2 Å². The molecular formula is C15H29N7O6. The van der Waals surface area contributed by atoms with Crippen molar-refractivity contribution >= 4 is 29.7 Å². The number of carboxylic acids is 1. The third-order valence-electron chi connectivity index (χ3n) is 3.66. The zero-order valence-corrected chi connectivity index (χ0v) is 15.6. The summed E-state index contributed by atoms with van der Waals surface area (Å²) < 4.78 is 0. The Morgan fingerprint density at radius 2 is 1.64 bits per heavy atom. The minimum Gasteiger partial charge on any atom is -0.480 e. The molecule has 0 bridgehead atoms. The summed E-state index contributed by atoms with van der Waals surface area (Å²) in [6.45, 7) is 1.45. The molecule has 0 rings (SSSR count). The molecule has 0 spiro atoms. The van der Waals surface area contributed by atoms with E-state index in [9.17, 15) is 24.3 Å². The van der Waals surface area contributed by atoms with Gasteiger partial charge < -0.3 is 43.8 Å². The van der Waals surface area contributed by atoms with Gasteiger partial charge in [0.15, 0.2) is 12.0 Å². The molecule has 0 saturated heterocycles. The molecule has 13 nitrogen and oxygen atoms in total. The third-order valence-corrected chi connectivity index (χ3v) is 3.66. The Balaban J connectivity index is 4.96. The van der Waals surface area contributed by atoms with Crippen LogP contribution in [0.5, 0.6) is 0 Å². The van der Waals surface area contributed by atoms with Crippen LogP contribution in [0.3, 0.4) is 0 Å². The number of primary amides is 1. The zero-order chi connectivity index (χ0) is 21.9. The second-order valence-corrected chi connectivity index (χ2v) is 6.19. The number of guanidine groups is 1. The number of rotatable bonds is 13. The van der Waals surface area contributed by atoms with Crippen molar-refractivity contribution in [3.8, 4) is 0 Å². The van der Waals surface area contributed by atoms with Crippen LogP contribution in [-0.4, -0.2) is 70.6 Å². The topological polar surface area (TPSA) is 249 Å². The van der Waals surface area contributed by atoms with E-state index >= 15 is 0 Å². The second kappa shape index (κ2) is 12.5. The fraction of sp³-hybridized carbons (Fsp3) is 0.667. The molecule has 0 aromatic carbocycles. The molecule has 12 N–H and O–H groups in total. The van der Waals surface area contributed by atoms with Crippen LogP contribution in [0.25, 0.3) is 0 Å². The van der Waals surface area contributed by atoms with E-state index in [0.717, 1.165) is 0 Å². The molecule has 0 aliphatic heterocycles. The average molecular weight is 403 g/mol. The SMILES string of the molecule is C[C@@H](O)[C@H](NC(=O)[C@H](CCC(N)=O)NC(=O)[C@@H](N)CCCN=C(N)N)C(=O)O. The molecule has 0 aliphatic carbocycles. The van der Waals surface area contributed by atoms with Gasteiger partial charge in [0.1, 0.15) is 6.04 Å². The smallest absolute Gasteiger partial charge is 0.328 e. The number of aliphatic hydroxyl groups excluding tert-OH is 1. The van der Waals surface area contributed by atoms with Crippen molar-refractivity contribution < 1.29 is 29.4 Å². The van der Waals surface area contributed by atoms with Gasteiger partial charge in [-0.05, 0) is 26.2 Å².